The van der Waals surface area contributed by atoms with Gasteiger partial charge in [-0.15, -0.1) is 0 Å². The first kappa shape index (κ1) is 13.9. The van der Waals surface area contributed by atoms with Gasteiger partial charge in [0.15, 0.2) is 0 Å². The Morgan fingerprint density at radius 1 is 1.29 bits per heavy atom. The van der Waals surface area contributed by atoms with Crippen LogP contribution in [0, 0.1) is 6.92 Å². The standard InChI is InChI=1S/C11H20N2.HI/c1-4-5-6-7-8-11-9-12-10(2)13(11)3;/h9H,4-8H2,1-3H3;1H. The van der Waals surface area contributed by atoms with Crippen molar-refractivity contribution in [1.29, 1.82) is 0 Å². The van der Waals surface area contributed by atoms with E-state index in [1.807, 2.05) is 0 Å². The SMILES string of the molecule is CCCCCCc1c[nH]c(C)[n+]1C.[I-]. The third-order valence-corrected chi connectivity index (χ3v) is 2.67. The summed E-state index contributed by atoms with van der Waals surface area (Å²) < 4.78 is 2.24. The topological polar surface area (TPSA) is 19.7 Å². The minimum Gasteiger partial charge on any atom is -1.00 e. The first-order valence-corrected chi connectivity index (χ1v) is 5.28. The van der Waals surface area contributed by atoms with E-state index in [-0.39, 0.29) is 24.0 Å². The summed E-state index contributed by atoms with van der Waals surface area (Å²) in [7, 11) is 2.13. The number of hydrogen-bond acceptors (Lipinski definition) is 0. The molecule has 2 nitrogen and oxygen atoms in total. The van der Waals surface area contributed by atoms with Gasteiger partial charge in [0.2, 0.25) is 0 Å². The lowest BCUT2D eigenvalue weighted by Gasteiger charge is -1.97. The lowest BCUT2D eigenvalue weighted by Crippen LogP contribution is -3.00. The van der Waals surface area contributed by atoms with E-state index in [1.165, 1.54) is 43.6 Å². The molecule has 3 heteroatoms. The monoisotopic (exact) mass is 308 g/mol. The number of halogens is 1. The largest absolute Gasteiger partial charge is 1.00 e. The average molecular weight is 308 g/mol. The number of unbranched alkanes of at least 4 members (excludes halogenated alkanes) is 3. The van der Waals surface area contributed by atoms with E-state index in [2.05, 4.69) is 36.6 Å². The van der Waals surface area contributed by atoms with Crippen molar-refractivity contribution >= 4 is 0 Å². The molecule has 1 N–H and O–H groups in total. The number of H-pyrrole nitrogens is 1. The van der Waals surface area contributed by atoms with E-state index < -0.39 is 0 Å². The molecule has 0 fully saturated rings. The van der Waals surface area contributed by atoms with Crippen molar-refractivity contribution in [3.05, 3.63) is 17.7 Å². The van der Waals surface area contributed by atoms with Crippen LogP contribution in [0.5, 0.6) is 0 Å². The van der Waals surface area contributed by atoms with Crippen molar-refractivity contribution in [2.45, 2.75) is 46.0 Å². The van der Waals surface area contributed by atoms with E-state index >= 15 is 0 Å². The third-order valence-electron chi connectivity index (χ3n) is 2.67. The Labute approximate surface area is 104 Å². The zero-order chi connectivity index (χ0) is 9.68. The first-order chi connectivity index (χ1) is 6.25. The molecule has 0 unspecified atom stereocenters. The highest BCUT2D eigenvalue weighted by atomic mass is 127. The molecule has 1 aromatic heterocycles. The Hall–Kier alpha value is -0.0600. The summed E-state index contributed by atoms with van der Waals surface area (Å²) in [4.78, 5) is 3.24. The molecule has 0 saturated carbocycles. The van der Waals surface area contributed by atoms with Gasteiger partial charge in [0, 0.05) is 13.3 Å². The second-order valence-corrected chi connectivity index (χ2v) is 3.74. The summed E-state index contributed by atoms with van der Waals surface area (Å²) in [5.41, 5.74) is 1.42. The summed E-state index contributed by atoms with van der Waals surface area (Å²) in [6.07, 6.45) is 8.70. The summed E-state index contributed by atoms with van der Waals surface area (Å²) >= 11 is 0. The predicted molar refractivity (Wildman–Crippen MR) is 54.6 cm³/mol. The molecule has 0 saturated heterocycles. The van der Waals surface area contributed by atoms with Crippen LogP contribution < -0.4 is 28.5 Å². The second-order valence-electron chi connectivity index (χ2n) is 3.74. The summed E-state index contributed by atoms with van der Waals surface area (Å²) in [6, 6.07) is 0. The van der Waals surface area contributed by atoms with E-state index in [4.69, 9.17) is 0 Å². The Balaban J connectivity index is 0.00000169. The number of rotatable bonds is 5. The van der Waals surface area contributed by atoms with Crippen molar-refractivity contribution in [2.24, 2.45) is 7.05 Å². The molecule has 0 spiro atoms. The smallest absolute Gasteiger partial charge is 0.251 e. The molecule has 0 aromatic carbocycles. The van der Waals surface area contributed by atoms with Crippen molar-refractivity contribution in [3.8, 4) is 0 Å². The molecule has 1 aromatic rings. The summed E-state index contributed by atoms with van der Waals surface area (Å²) in [5.74, 6) is 1.24. The average Bonchev–Trinajstić information content (AvgIpc) is 2.43. The molecule has 0 amide bonds. The Morgan fingerprint density at radius 2 is 2.00 bits per heavy atom. The van der Waals surface area contributed by atoms with Gasteiger partial charge in [-0.3, -0.25) is 0 Å². The summed E-state index contributed by atoms with van der Waals surface area (Å²) in [5, 5.41) is 0. The van der Waals surface area contributed by atoms with Crippen LogP contribution in [0.15, 0.2) is 6.20 Å². The number of nitrogens with one attached hydrogen (secondary N) is 1. The van der Waals surface area contributed by atoms with Gasteiger partial charge < -0.3 is 24.0 Å². The lowest BCUT2D eigenvalue weighted by atomic mass is 10.1. The highest BCUT2D eigenvalue weighted by molar-refractivity contribution is 4.89. The quantitative estimate of drug-likeness (QED) is 0.421. The molecule has 0 aliphatic heterocycles. The van der Waals surface area contributed by atoms with Gasteiger partial charge in [-0.25, -0.2) is 9.55 Å². The highest BCUT2D eigenvalue weighted by Gasteiger charge is 2.08. The molecule has 82 valence electrons. The fourth-order valence-electron chi connectivity index (χ4n) is 1.57. The number of imidazole rings is 1. The van der Waals surface area contributed by atoms with Crippen LogP contribution in [0.1, 0.15) is 44.1 Å². The Morgan fingerprint density at radius 3 is 2.50 bits per heavy atom. The maximum Gasteiger partial charge on any atom is 0.251 e. The second kappa shape index (κ2) is 7.26. The number of nitrogens with zero attached hydrogens (tertiary/aromatic N) is 1. The van der Waals surface area contributed by atoms with E-state index in [9.17, 15) is 0 Å². The van der Waals surface area contributed by atoms with Crippen molar-refractivity contribution in [3.63, 3.8) is 0 Å². The predicted octanol–water partition coefficient (Wildman–Crippen LogP) is -0.726. The molecule has 0 bridgehead atoms. The molecule has 0 atom stereocenters. The van der Waals surface area contributed by atoms with Crippen LogP contribution in [0.25, 0.3) is 0 Å². The minimum atomic E-state index is 0. The van der Waals surface area contributed by atoms with Crippen LogP contribution in [0.2, 0.25) is 0 Å². The zero-order valence-corrected chi connectivity index (χ0v) is 11.6. The molecule has 1 heterocycles. The molecule has 1 rings (SSSR count). The van der Waals surface area contributed by atoms with Crippen molar-refractivity contribution < 1.29 is 28.5 Å². The summed E-state index contributed by atoms with van der Waals surface area (Å²) in [6.45, 7) is 4.36. The van der Waals surface area contributed by atoms with Crippen LogP contribution in [-0.4, -0.2) is 4.98 Å². The van der Waals surface area contributed by atoms with Gasteiger partial charge in [0.1, 0.15) is 11.9 Å². The van der Waals surface area contributed by atoms with Crippen LogP contribution in [-0.2, 0) is 13.5 Å². The third kappa shape index (κ3) is 3.98. The van der Waals surface area contributed by atoms with Crippen LogP contribution in [0.4, 0.5) is 0 Å². The highest BCUT2D eigenvalue weighted by Crippen LogP contribution is 2.04. The molecule has 14 heavy (non-hydrogen) atoms. The van der Waals surface area contributed by atoms with Gasteiger partial charge in [0.25, 0.3) is 5.82 Å². The fourth-order valence-corrected chi connectivity index (χ4v) is 1.57. The van der Waals surface area contributed by atoms with Crippen LogP contribution in [0.3, 0.4) is 0 Å². The van der Waals surface area contributed by atoms with Crippen LogP contribution >= 0.6 is 0 Å². The maximum atomic E-state index is 3.24. The maximum absolute atomic E-state index is 3.24. The van der Waals surface area contributed by atoms with Crippen molar-refractivity contribution in [1.82, 2.24) is 4.98 Å². The normalized spacial score (nSPS) is 9.93. The van der Waals surface area contributed by atoms with Gasteiger partial charge in [-0.1, -0.05) is 26.2 Å². The van der Waals surface area contributed by atoms with Crippen molar-refractivity contribution in [2.75, 3.05) is 0 Å². The lowest BCUT2D eigenvalue weighted by molar-refractivity contribution is -0.683. The van der Waals surface area contributed by atoms with Gasteiger partial charge in [0.05, 0.1) is 7.05 Å². The first-order valence-electron chi connectivity index (χ1n) is 5.28. The number of aromatic nitrogens is 2. The number of aryl methyl sites for hydroxylation is 2. The minimum absolute atomic E-state index is 0. The fraction of sp³-hybridized carbons (Fsp3) is 0.727. The van der Waals surface area contributed by atoms with Gasteiger partial charge >= 0.3 is 0 Å². The molecule has 0 aliphatic rings. The zero-order valence-electron chi connectivity index (χ0n) is 9.44. The molecular weight excluding hydrogens is 287 g/mol. The van der Waals surface area contributed by atoms with Gasteiger partial charge in [-0.05, 0) is 6.42 Å². The molecule has 0 aliphatic carbocycles. The van der Waals surface area contributed by atoms with Gasteiger partial charge in [-0.2, -0.15) is 0 Å². The number of hydrogen-bond donors (Lipinski definition) is 1. The van der Waals surface area contributed by atoms with E-state index in [0.29, 0.717) is 0 Å². The molecule has 0 radical (unpaired) electrons. The molecular formula is C11H21IN2. The Kier molecular flexibility index (Phi) is 7.23. The number of aromatic amines is 1. The van der Waals surface area contributed by atoms with E-state index in [0.717, 1.165) is 0 Å². The van der Waals surface area contributed by atoms with E-state index in [1.54, 1.807) is 0 Å². The Bertz CT molecular complexity index is 256.